The normalized spacial score (nSPS) is 12.3. The number of para-hydroxylation sites is 3. The molecule has 3 heterocycles. The summed E-state index contributed by atoms with van der Waals surface area (Å²) in [4.78, 5) is 4.90. The molecule has 5 nitrogen and oxygen atoms in total. The van der Waals surface area contributed by atoms with Gasteiger partial charge in [-0.1, -0.05) is 258 Å². The van der Waals surface area contributed by atoms with Gasteiger partial charge < -0.3 is 13.9 Å². The van der Waals surface area contributed by atoms with Crippen molar-refractivity contribution in [1.29, 1.82) is 0 Å². The largest absolute Gasteiger partial charge is 0.510 e. The summed E-state index contributed by atoms with van der Waals surface area (Å²) in [6.07, 6.45) is 5.87. The summed E-state index contributed by atoms with van der Waals surface area (Å²) in [5.74, 6) is 2.00. The third kappa shape index (κ3) is 10.1. The van der Waals surface area contributed by atoms with Gasteiger partial charge in [0.25, 0.3) is 6.33 Å². The second-order valence-corrected chi connectivity index (χ2v) is 33.0. The van der Waals surface area contributed by atoms with Gasteiger partial charge in [-0.3, -0.25) is 4.57 Å². The van der Waals surface area contributed by atoms with Gasteiger partial charge in [0.2, 0.25) is 0 Å². The van der Waals surface area contributed by atoms with E-state index in [9.17, 15) is 0 Å². The van der Waals surface area contributed by atoms with E-state index in [1.54, 1.807) is 0 Å². The van der Waals surface area contributed by atoms with Crippen LogP contribution in [-0.2, 0) is 31.9 Å². The summed E-state index contributed by atoms with van der Waals surface area (Å²) in [6, 6.07) is 84.8. The van der Waals surface area contributed by atoms with Crippen molar-refractivity contribution < 1.29 is 30.4 Å². The predicted molar refractivity (Wildman–Crippen MR) is 335 cm³/mol. The van der Waals surface area contributed by atoms with Gasteiger partial charge in [0.15, 0.2) is 0 Å². The van der Waals surface area contributed by atoms with Gasteiger partial charge in [0, 0.05) is 44.3 Å². The summed E-state index contributed by atoms with van der Waals surface area (Å²) >= 11 is 0. The summed E-state index contributed by atoms with van der Waals surface area (Å²) in [7, 11) is -4.22. The van der Waals surface area contributed by atoms with Crippen molar-refractivity contribution in [1.82, 2.24) is 14.1 Å². The van der Waals surface area contributed by atoms with E-state index in [-0.39, 0.29) is 31.9 Å². The molecule has 0 spiro atoms. The van der Waals surface area contributed by atoms with E-state index >= 15 is 0 Å². The zero-order valence-electron chi connectivity index (χ0n) is 47.3. The molecule has 0 aliphatic heterocycles. The summed E-state index contributed by atoms with van der Waals surface area (Å²) in [5.41, 5.74) is 12.8. The number of pyridine rings is 1. The van der Waals surface area contributed by atoms with Crippen LogP contribution in [0.4, 0.5) is 0 Å². The summed E-state index contributed by atoms with van der Waals surface area (Å²) in [5, 5.41) is 7.80. The Hall–Kier alpha value is -7.68. The fraction of sp³-hybridized carbons (Fsp3) is 0.167. The van der Waals surface area contributed by atoms with Crippen LogP contribution in [0.2, 0.25) is 26.2 Å². The second kappa shape index (κ2) is 21.1. The molecule has 0 N–H and O–H groups in total. The van der Waals surface area contributed by atoms with Crippen LogP contribution in [0.5, 0.6) is 11.5 Å². The van der Waals surface area contributed by atoms with Crippen molar-refractivity contribution in [3.63, 3.8) is 0 Å². The van der Waals surface area contributed by atoms with Crippen LogP contribution in [0.1, 0.15) is 52.7 Å². The molecule has 80 heavy (non-hydrogen) atoms. The fourth-order valence-corrected chi connectivity index (χ4v) is 16.0. The minimum absolute atomic E-state index is 0. The molecular formula is C72H66N4OPtSi2-2. The Bertz CT molecular complexity index is 4140. The number of hydrogen-bond donors (Lipinski definition) is 0. The maximum atomic E-state index is 6.78. The number of fused-ring (bicyclic) bond motifs is 4. The van der Waals surface area contributed by atoms with E-state index < -0.39 is 16.1 Å². The van der Waals surface area contributed by atoms with E-state index in [1.165, 1.54) is 43.0 Å². The molecule has 0 unspecified atom stereocenters. The third-order valence-corrected chi connectivity index (χ3v) is 23.2. The van der Waals surface area contributed by atoms with Crippen LogP contribution in [-0.4, -0.2) is 30.3 Å². The molecule has 8 heteroatoms. The minimum Gasteiger partial charge on any atom is -0.510 e. The molecule has 0 saturated carbocycles. The van der Waals surface area contributed by atoms with Gasteiger partial charge in [0.1, 0.15) is 22.0 Å². The van der Waals surface area contributed by atoms with Gasteiger partial charge in [-0.05, 0) is 73.5 Å². The van der Waals surface area contributed by atoms with Crippen molar-refractivity contribution in [3.8, 4) is 50.9 Å². The first-order valence-electron chi connectivity index (χ1n) is 27.5. The first kappa shape index (κ1) is 54.3. The van der Waals surface area contributed by atoms with Gasteiger partial charge >= 0.3 is 0 Å². The average Bonchev–Trinajstić information content (AvgIpc) is 4.11. The van der Waals surface area contributed by atoms with Crippen molar-refractivity contribution in [2.24, 2.45) is 0 Å². The molecule has 12 aromatic rings. The van der Waals surface area contributed by atoms with Crippen LogP contribution < -0.4 is 30.1 Å². The Balaban J connectivity index is 0.00000675. The Kier molecular flexibility index (Phi) is 14.3. The van der Waals surface area contributed by atoms with E-state index in [0.717, 1.165) is 61.2 Å². The number of ether oxygens (including phenoxy) is 1. The zero-order chi connectivity index (χ0) is 54.8. The number of aromatic nitrogens is 4. The number of rotatable bonds is 11. The molecule has 0 atom stereocenters. The Labute approximate surface area is 488 Å². The average molecular weight is 1250 g/mol. The number of imidazole rings is 1. The van der Waals surface area contributed by atoms with E-state index in [0.29, 0.717) is 11.5 Å². The molecule has 0 bridgehead atoms. The molecule has 0 fully saturated rings. The van der Waals surface area contributed by atoms with Gasteiger partial charge in [-0.15, -0.1) is 29.7 Å². The molecule has 9 aromatic carbocycles. The standard InChI is InChI=1S/C72H66N4OSi2.Pt/c1-71(2,3)52-40-41-73-69(46-52)76-65-35-18-17-34-61(65)62-39-38-56(48-68(62)76)77-55-27-23-26-54(47-55)74-49-75(67-37-20-19-36-66(67)74)70-63(50-24-21-32-59(42-50)78(7,8)57-28-13-11-14-29-57)44-53(72(4,5)6)45-64(70)51-25-22-33-60(43-51)79(9,10)58-30-15-12-16-31-58;/h11-46H,1-10H3;/q-2;. The smallest absolute Gasteiger partial charge is 0.268 e. The number of hydrogen-bond acceptors (Lipinski definition) is 2. The molecule has 0 saturated heterocycles. The maximum Gasteiger partial charge on any atom is 0.268 e. The molecule has 0 aliphatic carbocycles. The number of nitrogens with zero attached hydrogens (tertiary/aromatic N) is 4. The first-order chi connectivity index (χ1) is 37.9. The summed E-state index contributed by atoms with van der Waals surface area (Å²) in [6.45, 7) is 23.5. The topological polar surface area (TPSA) is 35.9 Å². The molecule has 0 radical (unpaired) electrons. The molecule has 0 amide bonds. The second-order valence-electron chi connectivity index (χ2n) is 24.2. The van der Waals surface area contributed by atoms with Crippen molar-refractivity contribution >= 4 is 69.7 Å². The maximum absolute atomic E-state index is 6.78. The van der Waals surface area contributed by atoms with Crippen LogP contribution in [0.3, 0.4) is 0 Å². The summed E-state index contributed by atoms with van der Waals surface area (Å²) < 4.78 is 13.4. The molecule has 12 rings (SSSR count). The van der Waals surface area contributed by atoms with Gasteiger partial charge in [-0.2, -0.15) is 18.2 Å². The van der Waals surface area contributed by atoms with Crippen molar-refractivity contribution in [2.45, 2.75) is 78.6 Å². The Morgan fingerprint density at radius 3 is 1.62 bits per heavy atom. The Morgan fingerprint density at radius 2 is 1.01 bits per heavy atom. The fourth-order valence-electron chi connectivity index (χ4n) is 11.3. The minimum atomic E-state index is -2.11. The zero-order valence-corrected chi connectivity index (χ0v) is 51.6. The molecule has 400 valence electrons. The number of benzene rings is 9. The molecule has 3 aromatic heterocycles. The van der Waals surface area contributed by atoms with Gasteiger partial charge in [-0.25, -0.2) is 4.98 Å². The van der Waals surface area contributed by atoms with E-state index in [2.05, 4.69) is 294 Å². The van der Waals surface area contributed by atoms with Crippen LogP contribution >= 0.6 is 0 Å². The van der Waals surface area contributed by atoms with Crippen LogP contribution in [0.15, 0.2) is 219 Å². The van der Waals surface area contributed by atoms with Crippen molar-refractivity contribution in [3.05, 3.63) is 248 Å². The first-order valence-corrected chi connectivity index (χ1v) is 33.5. The third-order valence-electron chi connectivity index (χ3n) is 16.2. The molecular weight excluding hydrogens is 1190 g/mol. The predicted octanol–water partition coefficient (Wildman–Crippen LogP) is 15.2. The SMILES string of the molecule is CC(C)(C)c1ccnc(-n2c3[c-]c(Oc4[c-]c(-n5[c-][n+](-c6c(-c7cccc([Si](C)(C)c8ccccc8)c7)cc(C(C)(C)C)cc6-c6cccc([Si](C)(C)c7ccccc7)c6)c6ccccc65)ccc4)ccc3c3ccccc32)c1.[Pt]. The van der Waals surface area contributed by atoms with Crippen LogP contribution in [0, 0.1) is 18.5 Å². The van der Waals surface area contributed by atoms with E-state index in [1.807, 2.05) is 24.4 Å². The van der Waals surface area contributed by atoms with Crippen LogP contribution in [0.25, 0.3) is 72.3 Å². The Morgan fingerprint density at radius 1 is 0.475 bits per heavy atom. The van der Waals surface area contributed by atoms with E-state index in [4.69, 9.17) is 9.72 Å². The van der Waals surface area contributed by atoms with Crippen molar-refractivity contribution in [2.75, 3.05) is 0 Å². The monoisotopic (exact) mass is 1250 g/mol. The quantitative estimate of drug-likeness (QED) is 0.0735. The molecule has 0 aliphatic rings. The van der Waals surface area contributed by atoms with Gasteiger partial charge in [0.05, 0.1) is 16.7 Å².